The van der Waals surface area contributed by atoms with Gasteiger partial charge in [0.1, 0.15) is 0 Å². The van der Waals surface area contributed by atoms with E-state index >= 15 is 0 Å². The van der Waals surface area contributed by atoms with Crippen molar-refractivity contribution in [1.29, 1.82) is 0 Å². The topological polar surface area (TPSA) is 66.5 Å². The van der Waals surface area contributed by atoms with Crippen molar-refractivity contribution in [3.63, 3.8) is 0 Å². The van der Waals surface area contributed by atoms with Crippen LogP contribution in [-0.2, 0) is 14.4 Å². The van der Waals surface area contributed by atoms with Crippen molar-refractivity contribution < 1.29 is 14.4 Å². The quantitative estimate of drug-likeness (QED) is 0.885. The van der Waals surface area contributed by atoms with Gasteiger partial charge in [-0.05, 0) is 49.3 Å². The number of carbonyl (C=O) groups is 3. The number of anilines is 2. The van der Waals surface area contributed by atoms with Crippen LogP contribution < -0.4 is 10.2 Å². The number of nitrogens with one attached hydrogen (secondary N) is 1. The summed E-state index contributed by atoms with van der Waals surface area (Å²) in [5.41, 5.74) is 3.18. The lowest BCUT2D eigenvalue weighted by molar-refractivity contribution is -0.118. The van der Waals surface area contributed by atoms with Crippen LogP contribution in [0.15, 0.2) is 47.6 Å². The van der Waals surface area contributed by atoms with E-state index in [2.05, 4.69) is 10.2 Å². The fraction of sp³-hybridized carbons (Fsp3) is 0.409. The van der Waals surface area contributed by atoms with Crippen molar-refractivity contribution in [2.75, 3.05) is 10.2 Å². The average molecular weight is 366 g/mol. The molecule has 1 aromatic rings. The van der Waals surface area contributed by atoms with Crippen LogP contribution in [0.25, 0.3) is 0 Å². The van der Waals surface area contributed by atoms with Crippen molar-refractivity contribution in [1.82, 2.24) is 0 Å². The van der Waals surface area contributed by atoms with Crippen LogP contribution in [0.3, 0.4) is 0 Å². The summed E-state index contributed by atoms with van der Waals surface area (Å²) in [5.74, 6) is -0.162. The third-order valence-electron chi connectivity index (χ3n) is 5.60. The molecule has 2 aliphatic carbocycles. The van der Waals surface area contributed by atoms with Crippen LogP contribution in [-0.4, -0.2) is 29.6 Å². The Labute approximate surface area is 160 Å². The molecule has 2 aliphatic rings. The molecule has 1 N–H and O–H groups in total. The molecule has 5 nitrogen and oxygen atoms in total. The second-order valence-electron chi connectivity index (χ2n) is 7.62. The molecule has 0 fully saturated rings. The van der Waals surface area contributed by atoms with E-state index < -0.39 is 0 Å². The van der Waals surface area contributed by atoms with Crippen LogP contribution in [0, 0.1) is 11.8 Å². The highest BCUT2D eigenvalue weighted by Crippen LogP contribution is 2.37. The number of carbonyl (C=O) groups excluding carboxylic acids is 3. The Morgan fingerprint density at radius 3 is 1.67 bits per heavy atom. The standard InChI is InChI=1S/C22H26N2O3/c1-12-10-19(14(3)21(12)26)24(20-11-13(2)22(27)15(20)4)18-8-6-17(7-9-18)23-16(5)25/h6-11,14-15,19-20H,1-5H3,(H,23,25)/t14-,15-,19+,20+/m0/s1. The summed E-state index contributed by atoms with van der Waals surface area (Å²) in [5, 5.41) is 2.77. The molecule has 0 heterocycles. The number of Topliss-reactive ketones (excluding diaryl/α,β-unsaturated/α-hetero) is 2. The summed E-state index contributed by atoms with van der Waals surface area (Å²) in [6.45, 7) is 9.05. The molecule has 0 saturated heterocycles. The predicted molar refractivity (Wildman–Crippen MR) is 107 cm³/mol. The molecule has 0 unspecified atom stereocenters. The highest BCUT2D eigenvalue weighted by atomic mass is 16.1. The Bertz CT molecular complexity index is 809. The molecule has 142 valence electrons. The minimum absolute atomic E-state index is 0.105. The smallest absolute Gasteiger partial charge is 0.221 e. The first-order valence-corrected chi connectivity index (χ1v) is 9.32. The van der Waals surface area contributed by atoms with Gasteiger partial charge in [0, 0.05) is 30.1 Å². The molecule has 0 bridgehead atoms. The number of nitrogens with zero attached hydrogens (tertiary/aromatic N) is 1. The summed E-state index contributed by atoms with van der Waals surface area (Å²) < 4.78 is 0. The van der Waals surface area contributed by atoms with Gasteiger partial charge in [0.25, 0.3) is 0 Å². The molecule has 1 amide bonds. The molecule has 0 aromatic heterocycles. The van der Waals surface area contributed by atoms with E-state index in [0.29, 0.717) is 0 Å². The largest absolute Gasteiger partial charge is 0.357 e. The monoisotopic (exact) mass is 366 g/mol. The Kier molecular flexibility index (Phi) is 5.05. The Hall–Kier alpha value is -2.69. The van der Waals surface area contributed by atoms with Crippen LogP contribution in [0.5, 0.6) is 0 Å². The first-order chi connectivity index (χ1) is 12.7. The summed E-state index contributed by atoms with van der Waals surface area (Å²) in [6, 6.07) is 7.35. The average Bonchev–Trinajstić information content (AvgIpc) is 3.02. The van der Waals surface area contributed by atoms with Crippen LogP contribution in [0.1, 0.15) is 34.6 Å². The first kappa shape index (κ1) is 19.1. The molecule has 0 aliphatic heterocycles. The van der Waals surface area contributed by atoms with E-state index in [1.165, 1.54) is 6.92 Å². The van der Waals surface area contributed by atoms with Crippen molar-refractivity contribution in [2.24, 2.45) is 11.8 Å². The predicted octanol–water partition coefficient (Wildman–Crippen LogP) is 3.52. The summed E-state index contributed by atoms with van der Waals surface area (Å²) in [7, 11) is 0. The van der Waals surface area contributed by atoms with Gasteiger partial charge in [0.2, 0.25) is 5.91 Å². The van der Waals surface area contributed by atoms with E-state index in [9.17, 15) is 14.4 Å². The zero-order chi connectivity index (χ0) is 19.9. The maximum absolute atomic E-state index is 12.4. The van der Waals surface area contributed by atoms with Gasteiger partial charge in [0.15, 0.2) is 11.6 Å². The summed E-state index contributed by atoms with van der Waals surface area (Å²) in [4.78, 5) is 38.3. The lowest BCUT2D eigenvalue weighted by Crippen LogP contribution is -2.47. The summed E-state index contributed by atoms with van der Waals surface area (Å²) >= 11 is 0. The van der Waals surface area contributed by atoms with Crippen molar-refractivity contribution in [3.8, 4) is 0 Å². The lowest BCUT2D eigenvalue weighted by atomic mass is 9.95. The molecule has 27 heavy (non-hydrogen) atoms. The maximum atomic E-state index is 12.4. The molecule has 4 atom stereocenters. The lowest BCUT2D eigenvalue weighted by Gasteiger charge is -2.38. The van der Waals surface area contributed by atoms with Crippen molar-refractivity contribution in [2.45, 2.75) is 46.7 Å². The van der Waals surface area contributed by atoms with Crippen molar-refractivity contribution in [3.05, 3.63) is 47.6 Å². The van der Waals surface area contributed by atoms with E-state index in [1.807, 2.05) is 64.1 Å². The van der Waals surface area contributed by atoms with Gasteiger partial charge < -0.3 is 10.2 Å². The molecule has 0 radical (unpaired) electrons. The van der Waals surface area contributed by atoms with Crippen LogP contribution in [0.4, 0.5) is 11.4 Å². The maximum Gasteiger partial charge on any atom is 0.221 e. The minimum Gasteiger partial charge on any atom is -0.357 e. The Balaban J connectivity index is 2.02. The number of rotatable bonds is 4. The van der Waals surface area contributed by atoms with Gasteiger partial charge >= 0.3 is 0 Å². The second-order valence-corrected chi connectivity index (χ2v) is 7.62. The normalized spacial score (nSPS) is 27.4. The highest BCUT2D eigenvalue weighted by Gasteiger charge is 2.42. The summed E-state index contributed by atoms with van der Waals surface area (Å²) in [6.07, 6.45) is 4.01. The SMILES string of the molecule is CC(=O)Nc1ccc(N([C@@H]2C=C(C)C(=O)[C@H]2C)[C@@H]2C=C(C)C(=O)[C@H]2C)cc1. The zero-order valence-corrected chi connectivity index (χ0v) is 16.4. The second kappa shape index (κ2) is 7.14. The van der Waals surface area contributed by atoms with E-state index in [-0.39, 0.29) is 41.4 Å². The third kappa shape index (κ3) is 3.46. The van der Waals surface area contributed by atoms with E-state index in [0.717, 1.165) is 22.5 Å². The molecular formula is C22H26N2O3. The fourth-order valence-corrected chi connectivity index (χ4v) is 4.10. The van der Waals surface area contributed by atoms with Gasteiger partial charge in [-0.15, -0.1) is 0 Å². The number of amides is 1. The van der Waals surface area contributed by atoms with Gasteiger partial charge in [-0.1, -0.05) is 26.0 Å². The van der Waals surface area contributed by atoms with Crippen molar-refractivity contribution >= 4 is 28.8 Å². The molecule has 1 aromatic carbocycles. The fourth-order valence-electron chi connectivity index (χ4n) is 4.10. The molecule has 0 saturated carbocycles. The number of ketones is 2. The zero-order valence-electron chi connectivity index (χ0n) is 16.4. The minimum atomic E-state index is -0.170. The number of hydrogen-bond acceptors (Lipinski definition) is 4. The number of allylic oxidation sites excluding steroid dienone is 2. The van der Waals surface area contributed by atoms with Gasteiger partial charge in [-0.25, -0.2) is 0 Å². The third-order valence-corrected chi connectivity index (χ3v) is 5.60. The Morgan fingerprint density at radius 2 is 1.33 bits per heavy atom. The van der Waals surface area contributed by atoms with Gasteiger partial charge in [-0.3, -0.25) is 14.4 Å². The van der Waals surface area contributed by atoms with Crippen LogP contribution in [0.2, 0.25) is 0 Å². The van der Waals surface area contributed by atoms with E-state index in [4.69, 9.17) is 0 Å². The molecule has 3 rings (SSSR count). The molecule has 0 spiro atoms. The number of hydrogen-bond donors (Lipinski definition) is 1. The van der Waals surface area contributed by atoms with E-state index in [1.54, 1.807) is 0 Å². The molecular weight excluding hydrogens is 340 g/mol. The number of benzene rings is 1. The first-order valence-electron chi connectivity index (χ1n) is 9.32. The Morgan fingerprint density at radius 1 is 0.889 bits per heavy atom. The van der Waals surface area contributed by atoms with Crippen LogP contribution >= 0.6 is 0 Å². The van der Waals surface area contributed by atoms with Gasteiger partial charge in [0.05, 0.1) is 12.1 Å². The highest BCUT2D eigenvalue weighted by molar-refractivity contribution is 6.02. The molecule has 5 heteroatoms. The van der Waals surface area contributed by atoms with Gasteiger partial charge in [-0.2, -0.15) is 0 Å².